The van der Waals surface area contributed by atoms with E-state index in [0.717, 1.165) is 45.4 Å². The molecule has 0 radical (unpaired) electrons. The van der Waals surface area contributed by atoms with E-state index in [1.165, 1.54) is 18.4 Å². The van der Waals surface area contributed by atoms with Crippen molar-refractivity contribution in [1.29, 1.82) is 0 Å². The summed E-state index contributed by atoms with van der Waals surface area (Å²) in [6, 6.07) is 0. The molecule has 2 aliphatic heterocycles. The van der Waals surface area contributed by atoms with E-state index in [0.29, 0.717) is 12.3 Å². The molecule has 24 heavy (non-hydrogen) atoms. The number of likely N-dealkylation sites (tertiary alicyclic amines) is 2. The van der Waals surface area contributed by atoms with Crippen LogP contribution in [0.1, 0.15) is 44.9 Å². The molecule has 0 atom stereocenters. The fraction of sp³-hybridized carbons (Fsp3) is 0.778. The van der Waals surface area contributed by atoms with Crippen LogP contribution < -0.4 is 0 Å². The molecule has 0 saturated carbocycles. The van der Waals surface area contributed by atoms with Crippen LogP contribution in [0.2, 0.25) is 0 Å². The summed E-state index contributed by atoms with van der Waals surface area (Å²) in [4.78, 5) is 25.1. The highest BCUT2D eigenvalue weighted by atomic mass is 16.4. The van der Waals surface area contributed by atoms with Crippen LogP contribution >= 0.6 is 0 Å². The Morgan fingerprint density at radius 2 is 1.54 bits per heavy atom. The maximum Gasteiger partial charge on any atom is 0.307 e. The molecule has 0 unspecified atom stereocenters. The number of nitrogens with zero attached hydrogens (tertiary/aromatic N) is 2. The van der Waals surface area contributed by atoms with Gasteiger partial charge in [0.05, 0.1) is 6.42 Å². The Labute approximate surface area is 145 Å². The third-order valence-corrected chi connectivity index (χ3v) is 4.80. The Bertz CT molecular complexity index is 419. The van der Waals surface area contributed by atoms with Crippen molar-refractivity contribution < 1.29 is 19.8 Å². The maximum absolute atomic E-state index is 10.3. The van der Waals surface area contributed by atoms with Gasteiger partial charge in [-0.25, -0.2) is 0 Å². The lowest BCUT2D eigenvalue weighted by Gasteiger charge is -2.28. The van der Waals surface area contributed by atoms with E-state index in [4.69, 9.17) is 10.2 Å². The lowest BCUT2D eigenvalue weighted by Crippen LogP contribution is -2.30. The first-order valence-electron chi connectivity index (χ1n) is 8.85. The van der Waals surface area contributed by atoms with Crippen molar-refractivity contribution in [3.05, 3.63) is 11.6 Å². The van der Waals surface area contributed by atoms with Crippen LogP contribution in [0.4, 0.5) is 0 Å². The van der Waals surface area contributed by atoms with Gasteiger partial charge in [-0.3, -0.25) is 9.59 Å². The minimum absolute atomic E-state index is 0.180. The molecule has 2 N–H and O–H groups in total. The quantitative estimate of drug-likeness (QED) is 0.748. The number of carbonyl (C=O) groups is 2. The summed E-state index contributed by atoms with van der Waals surface area (Å²) in [5.41, 5.74) is 1.30. The number of carboxylic acids is 2. The number of carboxylic acid groups (broad SMARTS) is 2. The van der Waals surface area contributed by atoms with Crippen molar-refractivity contribution in [1.82, 2.24) is 9.80 Å². The normalized spacial score (nSPS) is 20.2. The Kier molecular flexibility index (Phi) is 9.64. The van der Waals surface area contributed by atoms with Crippen LogP contribution in [0.3, 0.4) is 0 Å². The van der Waals surface area contributed by atoms with Crippen LogP contribution in [0.5, 0.6) is 0 Å². The molecule has 0 aromatic heterocycles. The van der Waals surface area contributed by atoms with Gasteiger partial charge in [0.1, 0.15) is 0 Å². The van der Waals surface area contributed by atoms with Crippen LogP contribution in [0.25, 0.3) is 0 Å². The summed E-state index contributed by atoms with van der Waals surface area (Å²) in [7, 11) is 4.21. The number of hydrogen-bond donors (Lipinski definition) is 2. The highest BCUT2D eigenvalue weighted by molar-refractivity contribution is 5.68. The van der Waals surface area contributed by atoms with Crippen molar-refractivity contribution in [2.75, 3.05) is 40.3 Å². The first-order chi connectivity index (χ1) is 11.4. The van der Waals surface area contributed by atoms with Gasteiger partial charge >= 0.3 is 11.9 Å². The molecule has 0 aliphatic carbocycles. The summed E-state index contributed by atoms with van der Waals surface area (Å²) in [5.74, 6) is -0.743. The molecule has 2 rings (SSSR count). The fourth-order valence-electron chi connectivity index (χ4n) is 3.02. The minimum Gasteiger partial charge on any atom is -0.481 e. The molecule has 0 aromatic rings. The molecule has 6 nitrogen and oxygen atoms in total. The largest absolute Gasteiger partial charge is 0.481 e. The Hall–Kier alpha value is -1.40. The van der Waals surface area contributed by atoms with E-state index in [2.05, 4.69) is 23.9 Å². The first kappa shape index (κ1) is 20.6. The van der Waals surface area contributed by atoms with Crippen molar-refractivity contribution >= 4 is 11.9 Å². The van der Waals surface area contributed by atoms with Crippen molar-refractivity contribution in [2.45, 2.75) is 44.9 Å². The van der Waals surface area contributed by atoms with Crippen LogP contribution in [0.15, 0.2) is 11.6 Å². The van der Waals surface area contributed by atoms with Gasteiger partial charge in [-0.2, -0.15) is 0 Å². The lowest BCUT2D eigenvalue weighted by molar-refractivity contribution is -0.137. The summed E-state index contributed by atoms with van der Waals surface area (Å²) in [6.45, 7) is 4.38. The fourth-order valence-corrected chi connectivity index (χ4v) is 3.02. The predicted molar refractivity (Wildman–Crippen MR) is 94.2 cm³/mol. The average Bonchev–Trinajstić information content (AvgIpc) is 2.54. The van der Waals surface area contributed by atoms with Crippen molar-refractivity contribution in [3.63, 3.8) is 0 Å². The van der Waals surface area contributed by atoms with Crippen LogP contribution in [-0.4, -0.2) is 72.2 Å². The van der Waals surface area contributed by atoms with Gasteiger partial charge < -0.3 is 20.0 Å². The smallest absolute Gasteiger partial charge is 0.307 e. The third kappa shape index (κ3) is 9.67. The van der Waals surface area contributed by atoms with E-state index in [-0.39, 0.29) is 6.42 Å². The summed E-state index contributed by atoms with van der Waals surface area (Å²) in [6.07, 6.45) is 7.65. The van der Waals surface area contributed by atoms with Gasteiger partial charge in [0.2, 0.25) is 0 Å². The molecule has 6 heteroatoms. The number of rotatable bonds is 5. The average molecular weight is 340 g/mol. The summed E-state index contributed by atoms with van der Waals surface area (Å²) in [5, 5.41) is 16.9. The van der Waals surface area contributed by atoms with Gasteiger partial charge in [0.25, 0.3) is 0 Å². The van der Waals surface area contributed by atoms with Crippen molar-refractivity contribution in [3.8, 4) is 0 Å². The zero-order chi connectivity index (χ0) is 17.9. The van der Waals surface area contributed by atoms with E-state index in [9.17, 15) is 9.59 Å². The molecule has 0 amide bonds. The van der Waals surface area contributed by atoms with Gasteiger partial charge in [-0.1, -0.05) is 11.6 Å². The van der Waals surface area contributed by atoms with Crippen LogP contribution in [-0.2, 0) is 9.59 Å². The van der Waals surface area contributed by atoms with Gasteiger partial charge in [-0.15, -0.1) is 0 Å². The highest BCUT2D eigenvalue weighted by Gasteiger charge is 2.16. The SMILES string of the molecule is CN1CCC(=CCC(=O)O)CC1.CN1CCC(CCC(=O)O)CC1. The zero-order valence-corrected chi connectivity index (χ0v) is 15.0. The standard InChI is InChI=1S/C9H17NO2.C9H15NO2/c2*1-10-6-4-8(5-7-10)2-3-9(11)12/h8H,2-7H2,1H3,(H,11,12);2H,3-7H2,1H3,(H,11,12). The Morgan fingerprint density at radius 3 is 2.04 bits per heavy atom. The topological polar surface area (TPSA) is 81.1 Å². The van der Waals surface area contributed by atoms with E-state index >= 15 is 0 Å². The number of aliphatic carboxylic acids is 2. The molecule has 2 aliphatic rings. The van der Waals surface area contributed by atoms with Crippen molar-refractivity contribution in [2.24, 2.45) is 5.92 Å². The second kappa shape index (κ2) is 11.2. The van der Waals surface area contributed by atoms with Crippen LogP contribution in [0, 0.1) is 5.92 Å². The van der Waals surface area contributed by atoms with E-state index in [1.54, 1.807) is 0 Å². The molecule has 0 bridgehead atoms. The number of piperidine rings is 2. The second-order valence-corrected chi connectivity index (χ2v) is 6.94. The molecule has 2 fully saturated rings. The zero-order valence-electron chi connectivity index (χ0n) is 15.0. The first-order valence-corrected chi connectivity index (χ1v) is 8.85. The molecule has 2 saturated heterocycles. The van der Waals surface area contributed by atoms with E-state index in [1.807, 2.05) is 6.08 Å². The highest BCUT2D eigenvalue weighted by Crippen LogP contribution is 2.20. The lowest BCUT2D eigenvalue weighted by atomic mass is 9.92. The monoisotopic (exact) mass is 340 g/mol. The Balaban J connectivity index is 0.000000240. The van der Waals surface area contributed by atoms with E-state index < -0.39 is 11.9 Å². The molecule has 138 valence electrons. The van der Waals surface area contributed by atoms with Gasteiger partial charge in [0.15, 0.2) is 0 Å². The molecule has 2 heterocycles. The Morgan fingerprint density at radius 1 is 1.00 bits per heavy atom. The maximum atomic E-state index is 10.3. The molecular weight excluding hydrogens is 308 g/mol. The second-order valence-electron chi connectivity index (χ2n) is 6.94. The molecular formula is C18H32N2O4. The molecule has 0 spiro atoms. The van der Waals surface area contributed by atoms with Gasteiger partial charge in [-0.05, 0) is 65.2 Å². The summed E-state index contributed by atoms with van der Waals surface area (Å²) >= 11 is 0. The number of hydrogen-bond acceptors (Lipinski definition) is 4. The molecule has 0 aromatic carbocycles. The van der Waals surface area contributed by atoms with Gasteiger partial charge in [0, 0.05) is 19.5 Å². The minimum atomic E-state index is -0.735. The third-order valence-electron chi connectivity index (χ3n) is 4.80. The predicted octanol–water partition coefficient (Wildman–Crippen LogP) is 2.31. The summed E-state index contributed by atoms with van der Waals surface area (Å²) < 4.78 is 0.